The van der Waals surface area contributed by atoms with Crippen molar-refractivity contribution >= 4 is 11.8 Å². The Morgan fingerprint density at radius 2 is 2.15 bits per heavy atom. The number of nitrogens with zero attached hydrogens (tertiary/aromatic N) is 1. The Labute approximate surface area is 123 Å². The largest absolute Gasteiger partial charge is 0.310 e. The van der Waals surface area contributed by atoms with Crippen LogP contribution in [0.1, 0.15) is 31.9 Å². The van der Waals surface area contributed by atoms with Gasteiger partial charge in [-0.3, -0.25) is 0 Å². The molecule has 0 radical (unpaired) electrons. The fourth-order valence-electron chi connectivity index (χ4n) is 1.84. The number of hydrogen-bond donors (Lipinski definition) is 1. The van der Waals surface area contributed by atoms with Gasteiger partial charge in [-0.2, -0.15) is 0 Å². The fraction of sp³-hybridized carbons (Fsp3) is 0.312. The first kappa shape index (κ1) is 15.0. The lowest BCUT2D eigenvalue weighted by Gasteiger charge is -2.13. The van der Waals surface area contributed by atoms with Gasteiger partial charge in [0.25, 0.3) is 0 Å². The van der Waals surface area contributed by atoms with Gasteiger partial charge in [0.05, 0.1) is 0 Å². The van der Waals surface area contributed by atoms with E-state index in [1.807, 2.05) is 18.3 Å². The number of hydrogen-bond acceptors (Lipinski definition) is 3. The van der Waals surface area contributed by atoms with Gasteiger partial charge in [-0.25, -0.2) is 9.37 Å². The molecule has 2 rings (SSSR count). The SMILES string of the molecule is CCCNC(C)c1ccc(Sc2cccc(F)c2)nc1. The van der Waals surface area contributed by atoms with Gasteiger partial charge in [0.2, 0.25) is 0 Å². The highest BCUT2D eigenvalue weighted by Crippen LogP contribution is 2.26. The molecule has 0 saturated carbocycles. The van der Waals surface area contributed by atoms with Gasteiger partial charge in [0, 0.05) is 17.1 Å². The molecule has 4 heteroatoms. The molecule has 1 atom stereocenters. The first-order chi connectivity index (χ1) is 9.69. The van der Waals surface area contributed by atoms with Gasteiger partial charge in [0.15, 0.2) is 0 Å². The predicted molar refractivity (Wildman–Crippen MR) is 81.5 cm³/mol. The maximum Gasteiger partial charge on any atom is 0.124 e. The minimum atomic E-state index is -0.219. The van der Waals surface area contributed by atoms with Crippen LogP contribution in [0.4, 0.5) is 4.39 Å². The second kappa shape index (κ2) is 7.41. The van der Waals surface area contributed by atoms with E-state index in [-0.39, 0.29) is 5.82 Å². The summed E-state index contributed by atoms with van der Waals surface area (Å²) in [6, 6.07) is 10.9. The highest BCUT2D eigenvalue weighted by atomic mass is 32.2. The number of halogens is 1. The Hall–Kier alpha value is -1.39. The summed E-state index contributed by atoms with van der Waals surface area (Å²) in [5.41, 5.74) is 1.17. The minimum absolute atomic E-state index is 0.219. The third kappa shape index (κ3) is 4.32. The Balaban J connectivity index is 2.01. The van der Waals surface area contributed by atoms with Crippen LogP contribution >= 0.6 is 11.8 Å². The zero-order valence-electron chi connectivity index (χ0n) is 11.8. The van der Waals surface area contributed by atoms with E-state index in [9.17, 15) is 4.39 Å². The average Bonchev–Trinajstić information content (AvgIpc) is 2.45. The van der Waals surface area contributed by atoms with Crippen molar-refractivity contribution in [2.75, 3.05) is 6.54 Å². The van der Waals surface area contributed by atoms with Gasteiger partial charge >= 0.3 is 0 Å². The molecule has 20 heavy (non-hydrogen) atoms. The smallest absolute Gasteiger partial charge is 0.124 e. The monoisotopic (exact) mass is 290 g/mol. The fourth-order valence-corrected chi connectivity index (χ4v) is 2.64. The van der Waals surface area contributed by atoms with Crippen LogP contribution in [0, 0.1) is 5.82 Å². The molecule has 106 valence electrons. The molecular formula is C16H19FN2S. The van der Waals surface area contributed by atoms with Crippen molar-refractivity contribution < 1.29 is 4.39 Å². The molecule has 0 spiro atoms. The van der Waals surface area contributed by atoms with Crippen molar-refractivity contribution in [2.45, 2.75) is 36.2 Å². The molecular weight excluding hydrogens is 271 g/mol. The van der Waals surface area contributed by atoms with Crippen molar-refractivity contribution in [3.05, 3.63) is 54.0 Å². The van der Waals surface area contributed by atoms with E-state index in [1.54, 1.807) is 6.07 Å². The molecule has 0 aliphatic carbocycles. The second-order valence-electron chi connectivity index (χ2n) is 4.67. The number of aromatic nitrogens is 1. The van der Waals surface area contributed by atoms with Crippen LogP contribution in [-0.4, -0.2) is 11.5 Å². The van der Waals surface area contributed by atoms with E-state index in [1.165, 1.54) is 29.5 Å². The molecule has 1 unspecified atom stereocenters. The highest BCUT2D eigenvalue weighted by Gasteiger charge is 2.05. The zero-order valence-corrected chi connectivity index (χ0v) is 12.6. The normalized spacial score (nSPS) is 12.3. The third-order valence-electron chi connectivity index (χ3n) is 2.98. The van der Waals surface area contributed by atoms with E-state index >= 15 is 0 Å². The molecule has 2 nitrogen and oxygen atoms in total. The molecule has 0 fully saturated rings. The summed E-state index contributed by atoms with van der Waals surface area (Å²) in [7, 11) is 0. The first-order valence-corrected chi connectivity index (χ1v) is 7.63. The molecule has 0 saturated heterocycles. The maximum atomic E-state index is 13.1. The summed E-state index contributed by atoms with van der Waals surface area (Å²) < 4.78 is 13.1. The maximum absolute atomic E-state index is 13.1. The standard InChI is InChI=1S/C16H19FN2S/c1-3-9-18-12(2)13-7-8-16(19-11-13)20-15-6-4-5-14(17)10-15/h4-8,10-12,18H,3,9H2,1-2H3. The van der Waals surface area contributed by atoms with Crippen molar-refractivity contribution in [3.8, 4) is 0 Å². The Morgan fingerprint density at radius 3 is 2.80 bits per heavy atom. The number of nitrogens with one attached hydrogen (secondary N) is 1. The van der Waals surface area contributed by atoms with E-state index in [4.69, 9.17) is 0 Å². The minimum Gasteiger partial charge on any atom is -0.310 e. The molecule has 0 bridgehead atoms. The molecule has 1 heterocycles. The summed E-state index contributed by atoms with van der Waals surface area (Å²) in [5.74, 6) is -0.219. The van der Waals surface area contributed by atoms with Crippen molar-refractivity contribution in [1.29, 1.82) is 0 Å². The lowest BCUT2D eigenvalue weighted by molar-refractivity contribution is 0.568. The van der Waals surface area contributed by atoms with Crippen LogP contribution < -0.4 is 5.32 Å². The summed E-state index contributed by atoms with van der Waals surface area (Å²) in [6.45, 7) is 5.28. The van der Waals surface area contributed by atoms with Crippen LogP contribution in [0.2, 0.25) is 0 Å². The van der Waals surface area contributed by atoms with Gasteiger partial charge in [0.1, 0.15) is 10.8 Å². The Kier molecular flexibility index (Phi) is 5.56. The Bertz CT molecular complexity index is 542. The molecule has 1 N–H and O–H groups in total. The molecule has 0 amide bonds. The van der Waals surface area contributed by atoms with Crippen molar-refractivity contribution in [1.82, 2.24) is 10.3 Å². The van der Waals surface area contributed by atoms with E-state index in [2.05, 4.69) is 30.2 Å². The number of benzene rings is 1. The van der Waals surface area contributed by atoms with Crippen LogP contribution in [-0.2, 0) is 0 Å². The molecule has 1 aromatic carbocycles. The zero-order chi connectivity index (χ0) is 14.4. The van der Waals surface area contributed by atoms with Crippen molar-refractivity contribution in [2.24, 2.45) is 0 Å². The van der Waals surface area contributed by atoms with Crippen molar-refractivity contribution in [3.63, 3.8) is 0 Å². The second-order valence-corrected chi connectivity index (χ2v) is 5.76. The molecule has 0 aliphatic rings. The number of pyridine rings is 1. The molecule has 0 aliphatic heterocycles. The summed E-state index contributed by atoms with van der Waals surface area (Å²) >= 11 is 1.47. The molecule has 1 aromatic heterocycles. The van der Waals surface area contributed by atoms with Gasteiger partial charge in [-0.1, -0.05) is 30.8 Å². The Morgan fingerprint density at radius 1 is 1.30 bits per heavy atom. The summed E-state index contributed by atoms with van der Waals surface area (Å²) in [4.78, 5) is 5.30. The summed E-state index contributed by atoms with van der Waals surface area (Å²) in [6.07, 6.45) is 3.00. The number of rotatable bonds is 6. The van der Waals surface area contributed by atoms with E-state index in [0.29, 0.717) is 6.04 Å². The highest BCUT2D eigenvalue weighted by molar-refractivity contribution is 7.99. The van der Waals surface area contributed by atoms with Crippen LogP contribution in [0.3, 0.4) is 0 Å². The summed E-state index contributed by atoms with van der Waals surface area (Å²) in [5, 5.41) is 4.31. The van der Waals surface area contributed by atoms with Crippen LogP contribution in [0.15, 0.2) is 52.5 Å². The molecule has 2 aromatic rings. The van der Waals surface area contributed by atoms with E-state index < -0.39 is 0 Å². The van der Waals surface area contributed by atoms with Gasteiger partial charge in [-0.15, -0.1) is 0 Å². The van der Waals surface area contributed by atoms with Gasteiger partial charge in [-0.05, 0) is 49.7 Å². The topological polar surface area (TPSA) is 24.9 Å². The lowest BCUT2D eigenvalue weighted by atomic mass is 10.1. The quantitative estimate of drug-likeness (QED) is 0.851. The van der Waals surface area contributed by atoms with E-state index in [0.717, 1.165) is 22.9 Å². The lowest BCUT2D eigenvalue weighted by Crippen LogP contribution is -2.19. The third-order valence-corrected chi connectivity index (χ3v) is 3.92. The van der Waals surface area contributed by atoms with Gasteiger partial charge < -0.3 is 5.32 Å². The first-order valence-electron chi connectivity index (χ1n) is 6.82. The predicted octanol–water partition coefficient (Wildman–Crippen LogP) is 4.43. The average molecular weight is 290 g/mol. The van der Waals surface area contributed by atoms with Crippen LogP contribution in [0.5, 0.6) is 0 Å². The van der Waals surface area contributed by atoms with Crippen LogP contribution in [0.25, 0.3) is 0 Å².